The van der Waals surface area contributed by atoms with Crippen LogP contribution in [0.4, 0.5) is 0 Å². The smallest absolute Gasteiger partial charge is 0.252 e. The summed E-state index contributed by atoms with van der Waals surface area (Å²) in [6.45, 7) is 0.976. The van der Waals surface area contributed by atoms with E-state index in [2.05, 4.69) is 0 Å². The van der Waals surface area contributed by atoms with Crippen molar-refractivity contribution in [3.8, 4) is 0 Å². The number of amides is 1. The molecule has 140 valence electrons. The topological polar surface area (TPSA) is 57.7 Å². The molecule has 1 aliphatic rings. The maximum Gasteiger partial charge on any atom is 0.252 e. The molecule has 1 fully saturated rings. The average molecular weight is 393 g/mol. The molecule has 0 spiro atoms. The monoisotopic (exact) mass is 392 g/mol. The van der Waals surface area contributed by atoms with Crippen LogP contribution in [-0.2, 0) is 21.4 Å². The number of sulfonamides is 1. The summed E-state index contributed by atoms with van der Waals surface area (Å²) in [7, 11) is -1.87. The summed E-state index contributed by atoms with van der Waals surface area (Å²) < 4.78 is 26.5. The van der Waals surface area contributed by atoms with Gasteiger partial charge in [-0.2, -0.15) is 0 Å². The van der Waals surface area contributed by atoms with Crippen LogP contribution < -0.4 is 0 Å². The second kappa shape index (κ2) is 8.33. The van der Waals surface area contributed by atoms with E-state index >= 15 is 0 Å². The minimum atomic E-state index is -3.44. The van der Waals surface area contributed by atoms with Gasteiger partial charge in [0.25, 0.3) is 10.0 Å². The third-order valence-corrected chi connectivity index (χ3v) is 7.76. The Morgan fingerprint density at radius 2 is 1.88 bits per heavy atom. The van der Waals surface area contributed by atoms with Crippen LogP contribution in [0.1, 0.15) is 31.2 Å². The van der Waals surface area contributed by atoms with Crippen molar-refractivity contribution in [1.82, 2.24) is 9.21 Å². The third kappa shape index (κ3) is 4.72. The summed E-state index contributed by atoms with van der Waals surface area (Å²) in [6, 6.07) is 13.7. The summed E-state index contributed by atoms with van der Waals surface area (Å²) >= 11 is 1.21. The molecule has 1 heterocycles. The Morgan fingerprint density at radius 1 is 1.15 bits per heavy atom. The van der Waals surface area contributed by atoms with Gasteiger partial charge < -0.3 is 4.90 Å². The van der Waals surface area contributed by atoms with E-state index in [1.807, 2.05) is 35.2 Å². The Kier molecular flexibility index (Phi) is 6.11. The molecule has 0 aliphatic heterocycles. The van der Waals surface area contributed by atoms with E-state index in [0.29, 0.717) is 36.2 Å². The molecule has 0 radical (unpaired) electrons. The van der Waals surface area contributed by atoms with Crippen molar-refractivity contribution < 1.29 is 13.2 Å². The molecule has 5 nitrogen and oxygen atoms in total. The van der Waals surface area contributed by atoms with Crippen LogP contribution in [0.5, 0.6) is 0 Å². The molecular formula is C19H24N2O3S2. The van der Waals surface area contributed by atoms with Crippen LogP contribution in [0, 0.1) is 0 Å². The van der Waals surface area contributed by atoms with Gasteiger partial charge in [-0.05, 0) is 36.3 Å². The van der Waals surface area contributed by atoms with Gasteiger partial charge in [0, 0.05) is 32.6 Å². The summed E-state index contributed by atoms with van der Waals surface area (Å²) in [5.74, 6) is 0.110. The summed E-state index contributed by atoms with van der Waals surface area (Å²) in [5.41, 5.74) is 1.13. The lowest BCUT2D eigenvalue weighted by molar-refractivity contribution is -0.132. The highest BCUT2D eigenvalue weighted by Crippen LogP contribution is 2.29. The van der Waals surface area contributed by atoms with Gasteiger partial charge in [0.1, 0.15) is 4.21 Å². The maximum atomic E-state index is 12.6. The Morgan fingerprint density at radius 3 is 2.50 bits per heavy atom. The average Bonchev–Trinajstić information content (AvgIpc) is 3.31. The fourth-order valence-corrected chi connectivity index (χ4v) is 5.28. The summed E-state index contributed by atoms with van der Waals surface area (Å²) in [5, 5.41) is 1.75. The van der Waals surface area contributed by atoms with Crippen molar-refractivity contribution in [2.75, 3.05) is 13.6 Å². The van der Waals surface area contributed by atoms with Gasteiger partial charge >= 0.3 is 0 Å². The van der Waals surface area contributed by atoms with Crippen molar-refractivity contribution in [2.45, 2.75) is 42.5 Å². The lowest BCUT2D eigenvalue weighted by atomic mass is 10.2. The number of carbonyl (C=O) groups is 1. The number of benzene rings is 1. The zero-order chi connectivity index (χ0) is 18.6. The van der Waals surface area contributed by atoms with Crippen LogP contribution in [0.15, 0.2) is 52.1 Å². The maximum absolute atomic E-state index is 12.6. The van der Waals surface area contributed by atoms with E-state index in [1.54, 1.807) is 24.6 Å². The van der Waals surface area contributed by atoms with Crippen LogP contribution in [0.25, 0.3) is 0 Å². The Labute approximate surface area is 159 Å². The van der Waals surface area contributed by atoms with Crippen molar-refractivity contribution in [1.29, 1.82) is 0 Å². The molecule has 3 rings (SSSR count). The number of hydrogen-bond donors (Lipinski definition) is 0. The molecule has 0 saturated heterocycles. The van der Waals surface area contributed by atoms with Crippen LogP contribution in [0.2, 0.25) is 0 Å². The van der Waals surface area contributed by atoms with Gasteiger partial charge in [-0.1, -0.05) is 36.4 Å². The number of nitrogens with zero attached hydrogens (tertiary/aromatic N) is 2. The largest absolute Gasteiger partial charge is 0.335 e. The Hall–Kier alpha value is -1.70. The van der Waals surface area contributed by atoms with Crippen LogP contribution >= 0.6 is 11.3 Å². The molecule has 1 aromatic carbocycles. The minimum absolute atomic E-state index is 0.110. The van der Waals surface area contributed by atoms with E-state index in [4.69, 9.17) is 0 Å². The van der Waals surface area contributed by atoms with Crippen molar-refractivity contribution in [3.63, 3.8) is 0 Å². The Balaban J connectivity index is 1.52. The molecule has 7 heteroatoms. The van der Waals surface area contributed by atoms with E-state index in [-0.39, 0.29) is 5.91 Å². The zero-order valence-corrected chi connectivity index (χ0v) is 16.5. The number of carbonyl (C=O) groups excluding carboxylic acids is 1. The van der Waals surface area contributed by atoms with Gasteiger partial charge in [0.05, 0.1) is 0 Å². The standard InChI is InChI=1S/C19H24N2O3S2/c1-20(26(23,24)19-10-6-14-25-19)13-5-9-18(22)21(17-11-12-17)15-16-7-3-2-4-8-16/h2-4,6-8,10,14,17H,5,9,11-13,15H2,1H3. The number of rotatable bonds is 9. The van der Waals surface area contributed by atoms with Gasteiger partial charge in [-0.25, -0.2) is 12.7 Å². The fraction of sp³-hybridized carbons (Fsp3) is 0.421. The zero-order valence-electron chi connectivity index (χ0n) is 14.9. The molecule has 1 amide bonds. The highest BCUT2D eigenvalue weighted by atomic mass is 32.2. The van der Waals surface area contributed by atoms with Crippen molar-refractivity contribution in [2.24, 2.45) is 0 Å². The molecule has 1 saturated carbocycles. The molecule has 2 aromatic rings. The van der Waals surface area contributed by atoms with Gasteiger partial charge in [0.15, 0.2) is 0 Å². The summed E-state index contributed by atoms with van der Waals surface area (Å²) in [4.78, 5) is 14.6. The molecule has 1 aliphatic carbocycles. The molecular weight excluding hydrogens is 368 g/mol. The second-order valence-electron chi connectivity index (χ2n) is 6.60. The lowest BCUT2D eigenvalue weighted by Gasteiger charge is -2.23. The normalized spacial score (nSPS) is 14.5. The third-order valence-electron chi connectivity index (χ3n) is 4.53. The van der Waals surface area contributed by atoms with E-state index in [9.17, 15) is 13.2 Å². The first-order chi connectivity index (χ1) is 12.5. The fourth-order valence-electron chi connectivity index (χ4n) is 2.87. The first-order valence-corrected chi connectivity index (χ1v) is 11.1. The van der Waals surface area contributed by atoms with Gasteiger partial charge in [-0.15, -0.1) is 11.3 Å². The van der Waals surface area contributed by atoms with Crippen molar-refractivity contribution in [3.05, 3.63) is 53.4 Å². The first-order valence-electron chi connectivity index (χ1n) is 8.82. The molecule has 0 atom stereocenters. The predicted octanol–water partition coefficient (Wildman–Crippen LogP) is 3.34. The quantitative estimate of drug-likeness (QED) is 0.658. The minimum Gasteiger partial charge on any atom is -0.335 e. The first kappa shape index (κ1) is 19.1. The predicted molar refractivity (Wildman–Crippen MR) is 103 cm³/mol. The van der Waals surface area contributed by atoms with Gasteiger partial charge in [0.2, 0.25) is 5.91 Å². The molecule has 0 N–H and O–H groups in total. The number of hydrogen-bond acceptors (Lipinski definition) is 4. The van der Waals surface area contributed by atoms with E-state index in [1.165, 1.54) is 15.6 Å². The molecule has 0 unspecified atom stereocenters. The van der Waals surface area contributed by atoms with E-state index in [0.717, 1.165) is 18.4 Å². The summed E-state index contributed by atoms with van der Waals surface area (Å²) in [6.07, 6.45) is 3.02. The van der Waals surface area contributed by atoms with Crippen LogP contribution in [0.3, 0.4) is 0 Å². The Bertz CT molecular complexity index is 816. The SMILES string of the molecule is CN(CCCC(=O)N(Cc1ccccc1)C1CC1)S(=O)(=O)c1cccs1. The second-order valence-corrected chi connectivity index (χ2v) is 9.82. The van der Waals surface area contributed by atoms with Crippen molar-refractivity contribution >= 4 is 27.3 Å². The number of thiophene rings is 1. The molecule has 0 bridgehead atoms. The molecule has 1 aromatic heterocycles. The van der Waals surface area contributed by atoms with E-state index < -0.39 is 10.0 Å². The van der Waals surface area contributed by atoms with Gasteiger partial charge in [-0.3, -0.25) is 4.79 Å². The van der Waals surface area contributed by atoms with Crippen LogP contribution in [-0.4, -0.2) is 43.2 Å². The highest BCUT2D eigenvalue weighted by molar-refractivity contribution is 7.91. The molecule has 26 heavy (non-hydrogen) atoms. The highest BCUT2D eigenvalue weighted by Gasteiger charge is 2.32. The lowest BCUT2D eigenvalue weighted by Crippen LogP contribution is -2.33.